The summed E-state index contributed by atoms with van der Waals surface area (Å²) in [5.41, 5.74) is 0.524. The van der Waals surface area contributed by atoms with Gasteiger partial charge in [-0.3, -0.25) is 0 Å². The zero-order valence-electron chi connectivity index (χ0n) is 11.6. The normalized spacial score (nSPS) is 30.6. The third kappa shape index (κ3) is 3.48. The van der Waals surface area contributed by atoms with Gasteiger partial charge in [0.05, 0.1) is 6.10 Å². The lowest BCUT2D eigenvalue weighted by molar-refractivity contribution is 0.137. The molecule has 1 aliphatic rings. The van der Waals surface area contributed by atoms with Gasteiger partial charge in [0.25, 0.3) is 0 Å². The first-order valence-electron chi connectivity index (χ1n) is 7.16. The Kier molecular flexibility index (Phi) is 5.30. The van der Waals surface area contributed by atoms with Gasteiger partial charge in [-0.25, -0.2) is 0 Å². The lowest BCUT2D eigenvalue weighted by Crippen LogP contribution is -2.23. The molecule has 0 aromatic heterocycles. The second-order valence-corrected chi connectivity index (χ2v) is 6.37. The van der Waals surface area contributed by atoms with Gasteiger partial charge >= 0.3 is 0 Å². The number of aliphatic hydroxyl groups is 1. The maximum Gasteiger partial charge on any atom is 0.0540 e. The van der Waals surface area contributed by atoms with Crippen LogP contribution in [0.5, 0.6) is 0 Å². The topological polar surface area (TPSA) is 20.2 Å². The summed E-state index contributed by atoms with van der Waals surface area (Å²) >= 11 is 0. The predicted molar refractivity (Wildman–Crippen MR) is 70.4 cm³/mol. The van der Waals surface area contributed by atoms with E-state index < -0.39 is 0 Å². The van der Waals surface area contributed by atoms with Crippen molar-refractivity contribution in [1.29, 1.82) is 0 Å². The molecule has 1 heteroatoms. The molecular weight excluding hydrogens is 196 g/mol. The van der Waals surface area contributed by atoms with Gasteiger partial charge < -0.3 is 5.11 Å². The lowest BCUT2D eigenvalue weighted by Gasteiger charge is -2.31. The Labute approximate surface area is 102 Å². The highest BCUT2D eigenvalue weighted by Crippen LogP contribution is 2.49. The fourth-order valence-corrected chi connectivity index (χ4v) is 3.19. The molecular formula is C15H30O. The highest BCUT2D eigenvalue weighted by Gasteiger charge is 2.39. The average molecular weight is 226 g/mol. The minimum Gasteiger partial charge on any atom is -0.393 e. The summed E-state index contributed by atoms with van der Waals surface area (Å²) < 4.78 is 0. The van der Waals surface area contributed by atoms with E-state index >= 15 is 0 Å². The quantitative estimate of drug-likeness (QED) is 0.712. The molecule has 1 aliphatic carbocycles. The first-order chi connectivity index (χ1) is 7.48. The molecule has 0 aromatic rings. The largest absolute Gasteiger partial charge is 0.393 e. The van der Waals surface area contributed by atoms with Crippen molar-refractivity contribution in [2.75, 3.05) is 0 Å². The lowest BCUT2D eigenvalue weighted by atomic mass is 9.74. The SMILES string of the molecule is CCCC(O)CCCC1CCC(C)C1(C)C. The van der Waals surface area contributed by atoms with Crippen LogP contribution < -0.4 is 0 Å². The van der Waals surface area contributed by atoms with Crippen molar-refractivity contribution in [2.24, 2.45) is 17.3 Å². The minimum absolute atomic E-state index is 0.0491. The van der Waals surface area contributed by atoms with E-state index in [2.05, 4.69) is 27.7 Å². The van der Waals surface area contributed by atoms with Crippen LogP contribution in [0.25, 0.3) is 0 Å². The van der Waals surface area contributed by atoms with Crippen LogP contribution in [-0.4, -0.2) is 11.2 Å². The van der Waals surface area contributed by atoms with Crippen LogP contribution in [0.2, 0.25) is 0 Å². The van der Waals surface area contributed by atoms with Crippen LogP contribution >= 0.6 is 0 Å². The molecule has 0 bridgehead atoms. The molecule has 0 saturated heterocycles. The maximum absolute atomic E-state index is 9.71. The highest BCUT2D eigenvalue weighted by molar-refractivity contribution is 4.89. The van der Waals surface area contributed by atoms with Crippen molar-refractivity contribution >= 4 is 0 Å². The van der Waals surface area contributed by atoms with E-state index in [1.54, 1.807) is 0 Å². The molecule has 0 heterocycles. The van der Waals surface area contributed by atoms with E-state index in [1.807, 2.05) is 0 Å². The second-order valence-electron chi connectivity index (χ2n) is 6.37. The molecule has 3 unspecified atom stereocenters. The van der Waals surface area contributed by atoms with E-state index in [4.69, 9.17) is 0 Å². The molecule has 0 radical (unpaired) electrons. The van der Waals surface area contributed by atoms with Gasteiger partial charge in [-0.1, -0.05) is 40.5 Å². The van der Waals surface area contributed by atoms with Crippen molar-refractivity contribution in [3.8, 4) is 0 Å². The highest BCUT2D eigenvalue weighted by atomic mass is 16.3. The Hall–Kier alpha value is -0.0400. The first kappa shape index (κ1) is 14.0. The van der Waals surface area contributed by atoms with Crippen LogP contribution in [0.1, 0.15) is 72.6 Å². The monoisotopic (exact) mass is 226 g/mol. The van der Waals surface area contributed by atoms with Crippen molar-refractivity contribution in [3.63, 3.8) is 0 Å². The average Bonchev–Trinajstić information content (AvgIpc) is 2.45. The Morgan fingerprint density at radius 1 is 1.25 bits per heavy atom. The van der Waals surface area contributed by atoms with Crippen molar-refractivity contribution in [1.82, 2.24) is 0 Å². The summed E-state index contributed by atoms with van der Waals surface area (Å²) in [4.78, 5) is 0. The predicted octanol–water partition coefficient (Wildman–Crippen LogP) is 4.39. The number of hydrogen-bond acceptors (Lipinski definition) is 1. The molecule has 1 saturated carbocycles. The Bertz CT molecular complexity index is 198. The van der Waals surface area contributed by atoms with Crippen LogP contribution in [0.15, 0.2) is 0 Å². The molecule has 1 nitrogen and oxygen atoms in total. The molecule has 1 rings (SSSR count). The van der Waals surface area contributed by atoms with E-state index in [0.29, 0.717) is 5.41 Å². The molecule has 3 atom stereocenters. The zero-order chi connectivity index (χ0) is 12.2. The van der Waals surface area contributed by atoms with Crippen LogP contribution in [-0.2, 0) is 0 Å². The molecule has 96 valence electrons. The summed E-state index contributed by atoms with van der Waals surface area (Å²) in [6, 6.07) is 0. The summed E-state index contributed by atoms with van der Waals surface area (Å²) in [7, 11) is 0. The third-order valence-corrected chi connectivity index (χ3v) is 4.98. The van der Waals surface area contributed by atoms with Gasteiger partial charge in [-0.15, -0.1) is 0 Å². The third-order valence-electron chi connectivity index (χ3n) is 4.98. The van der Waals surface area contributed by atoms with E-state index in [0.717, 1.165) is 31.1 Å². The molecule has 1 N–H and O–H groups in total. The van der Waals surface area contributed by atoms with Crippen LogP contribution in [0.4, 0.5) is 0 Å². The maximum atomic E-state index is 9.71. The van der Waals surface area contributed by atoms with Gasteiger partial charge in [0.1, 0.15) is 0 Å². The van der Waals surface area contributed by atoms with Crippen molar-refractivity contribution in [3.05, 3.63) is 0 Å². The van der Waals surface area contributed by atoms with Crippen LogP contribution in [0, 0.1) is 17.3 Å². The molecule has 0 aromatic carbocycles. The molecule has 1 fully saturated rings. The summed E-state index contributed by atoms with van der Waals surface area (Å²) in [6.45, 7) is 9.40. The van der Waals surface area contributed by atoms with E-state index in [9.17, 15) is 5.11 Å². The van der Waals surface area contributed by atoms with Gasteiger partial charge in [0.15, 0.2) is 0 Å². The number of rotatable bonds is 6. The smallest absolute Gasteiger partial charge is 0.0540 e. The Morgan fingerprint density at radius 3 is 2.44 bits per heavy atom. The fraction of sp³-hybridized carbons (Fsp3) is 1.00. The standard InChI is InChI=1S/C15H30O/c1-5-7-14(16)9-6-8-13-11-10-12(2)15(13,3)4/h12-14,16H,5-11H2,1-4H3. The number of hydrogen-bond donors (Lipinski definition) is 1. The van der Waals surface area contributed by atoms with Crippen LogP contribution in [0.3, 0.4) is 0 Å². The van der Waals surface area contributed by atoms with Crippen molar-refractivity contribution < 1.29 is 5.11 Å². The molecule has 0 aliphatic heterocycles. The molecule has 0 amide bonds. The fourth-order valence-electron chi connectivity index (χ4n) is 3.19. The Morgan fingerprint density at radius 2 is 1.94 bits per heavy atom. The molecule has 16 heavy (non-hydrogen) atoms. The van der Waals surface area contributed by atoms with E-state index in [1.165, 1.54) is 25.7 Å². The molecule has 0 spiro atoms. The second kappa shape index (κ2) is 6.05. The van der Waals surface area contributed by atoms with Gasteiger partial charge in [0, 0.05) is 0 Å². The first-order valence-corrected chi connectivity index (χ1v) is 7.16. The zero-order valence-corrected chi connectivity index (χ0v) is 11.6. The van der Waals surface area contributed by atoms with Gasteiger partial charge in [0.2, 0.25) is 0 Å². The van der Waals surface area contributed by atoms with E-state index in [-0.39, 0.29) is 6.10 Å². The summed E-state index contributed by atoms with van der Waals surface area (Å²) in [5, 5.41) is 9.71. The minimum atomic E-state index is -0.0491. The van der Waals surface area contributed by atoms with Gasteiger partial charge in [-0.2, -0.15) is 0 Å². The van der Waals surface area contributed by atoms with Gasteiger partial charge in [-0.05, 0) is 49.4 Å². The van der Waals surface area contributed by atoms with Crippen molar-refractivity contribution in [2.45, 2.75) is 78.7 Å². The Balaban J connectivity index is 2.23. The summed E-state index contributed by atoms with van der Waals surface area (Å²) in [6.07, 6.45) is 8.37. The summed E-state index contributed by atoms with van der Waals surface area (Å²) in [5.74, 6) is 1.76. The number of aliphatic hydroxyl groups excluding tert-OH is 1.